The third-order valence-corrected chi connectivity index (χ3v) is 5.42. The number of para-hydroxylation sites is 1. The Morgan fingerprint density at radius 2 is 1.75 bits per heavy atom. The number of sulfonamides is 1. The van der Waals surface area contributed by atoms with Crippen molar-refractivity contribution >= 4 is 21.6 Å². The van der Waals surface area contributed by atoms with Gasteiger partial charge in [0, 0.05) is 12.1 Å². The highest BCUT2D eigenvalue weighted by Gasteiger charge is 2.21. The molecule has 7 heteroatoms. The number of hydrogen-bond donors (Lipinski definition) is 1. The van der Waals surface area contributed by atoms with Gasteiger partial charge in [0.05, 0.1) is 18.6 Å². The van der Waals surface area contributed by atoms with Crippen LogP contribution in [0.2, 0.25) is 0 Å². The van der Waals surface area contributed by atoms with E-state index in [4.69, 9.17) is 4.74 Å². The fraction of sp³-hybridized carbons (Fsp3) is 0.381. The molecule has 28 heavy (non-hydrogen) atoms. The topological polar surface area (TPSA) is 75.7 Å². The van der Waals surface area contributed by atoms with Gasteiger partial charge in [-0.2, -0.15) is 0 Å². The third-order valence-electron chi connectivity index (χ3n) is 4.28. The molecule has 2 aromatic rings. The average Bonchev–Trinajstić information content (AvgIpc) is 2.65. The fourth-order valence-corrected chi connectivity index (χ4v) is 3.61. The lowest BCUT2D eigenvalue weighted by Crippen LogP contribution is -2.40. The van der Waals surface area contributed by atoms with Gasteiger partial charge in [-0.05, 0) is 36.6 Å². The van der Waals surface area contributed by atoms with Gasteiger partial charge in [0.2, 0.25) is 15.9 Å². The summed E-state index contributed by atoms with van der Waals surface area (Å²) in [5.74, 6) is 0.661. The van der Waals surface area contributed by atoms with E-state index in [0.29, 0.717) is 24.0 Å². The van der Waals surface area contributed by atoms with Crippen LogP contribution in [0.4, 0.5) is 5.69 Å². The molecule has 0 aliphatic heterocycles. The molecule has 0 bridgehead atoms. The number of carbonyl (C=O) groups is 1. The number of benzene rings is 2. The minimum atomic E-state index is -3.60. The minimum absolute atomic E-state index is 0.263. The summed E-state index contributed by atoms with van der Waals surface area (Å²) in [5.41, 5.74) is 2.41. The zero-order chi connectivity index (χ0) is 20.7. The van der Waals surface area contributed by atoms with E-state index in [1.54, 1.807) is 12.1 Å². The summed E-state index contributed by atoms with van der Waals surface area (Å²) in [7, 11) is -3.60. The Hall–Kier alpha value is -2.54. The molecular formula is C21H28N2O4S. The van der Waals surface area contributed by atoms with E-state index in [9.17, 15) is 13.2 Å². The highest BCUT2D eigenvalue weighted by molar-refractivity contribution is 7.92. The van der Waals surface area contributed by atoms with Gasteiger partial charge in [0.15, 0.2) is 0 Å². The summed E-state index contributed by atoms with van der Waals surface area (Å²) in [6.45, 7) is 6.53. The maximum Gasteiger partial charge on any atom is 0.241 e. The van der Waals surface area contributed by atoms with Gasteiger partial charge in [-0.15, -0.1) is 0 Å². The monoisotopic (exact) mass is 404 g/mol. The molecule has 0 unspecified atom stereocenters. The van der Waals surface area contributed by atoms with E-state index in [1.807, 2.05) is 43.3 Å². The van der Waals surface area contributed by atoms with Gasteiger partial charge in [0.25, 0.3) is 0 Å². The molecule has 0 saturated carbocycles. The van der Waals surface area contributed by atoms with Crippen molar-refractivity contribution in [3.8, 4) is 5.75 Å². The molecule has 0 atom stereocenters. The Kier molecular flexibility index (Phi) is 7.45. The molecule has 0 heterocycles. The molecule has 152 valence electrons. The normalized spacial score (nSPS) is 11.3. The molecule has 0 aliphatic rings. The van der Waals surface area contributed by atoms with Crippen LogP contribution < -0.4 is 14.4 Å². The van der Waals surface area contributed by atoms with Gasteiger partial charge in [-0.3, -0.25) is 9.10 Å². The van der Waals surface area contributed by atoms with Gasteiger partial charge >= 0.3 is 0 Å². The maximum absolute atomic E-state index is 12.4. The van der Waals surface area contributed by atoms with Crippen molar-refractivity contribution in [3.63, 3.8) is 0 Å². The zero-order valence-electron chi connectivity index (χ0n) is 16.8. The lowest BCUT2D eigenvalue weighted by Gasteiger charge is -2.22. The Labute approximate surface area is 167 Å². The standard InChI is InChI=1S/C21H28N2O4S/c1-5-27-20-9-7-6-8-18(20)14-22-21(24)15-23(28(4,25)26)19-12-10-17(11-13-19)16(2)3/h6-13,16H,5,14-15H2,1-4H3,(H,22,24). The highest BCUT2D eigenvalue weighted by Crippen LogP contribution is 2.22. The molecular weight excluding hydrogens is 376 g/mol. The Morgan fingerprint density at radius 1 is 1.11 bits per heavy atom. The number of hydrogen-bond acceptors (Lipinski definition) is 4. The van der Waals surface area contributed by atoms with Gasteiger partial charge in [-0.1, -0.05) is 44.2 Å². The molecule has 0 spiro atoms. The van der Waals surface area contributed by atoms with E-state index in [0.717, 1.165) is 21.7 Å². The lowest BCUT2D eigenvalue weighted by atomic mass is 10.0. The molecule has 0 aliphatic carbocycles. The predicted molar refractivity (Wildman–Crippen MR) is 112 cm³/mol. The number of carbonyl (C=O) groups excluding carboxylic acids is 1. The molecule has 0 aromatic heterocycles. The number of rotatable bonds is 9. The van der Waals surface area contributed by atoms with Crippen molar-refractivity contribution in [2.24, 2.45) is 0 Å². The quantitative estimate of drug-likeness (QED) is 0.696. The van der Waals surface area contributed by atoms with Crippen LogP contribution >= 0.6 is 0 Å². The number of amides is 1. The average molecular weight is 405 g/mol. The molecule has 1 N–H and O–H groups in total. The number of nitrogens with one attached hydrogen (secondary N) is 1. The fourth-order valence-electron chi connectivity index (χ4n) is 2.75. The van der Waals surface area contributed by atoms with Crippen LogP contribution in [0.5, 0.6) is 5.75 Å². The van der Waals surface area contributed by atoms with Crippen molar-refractivity contribution in [3.05, 3.63) is 59.7 Å². The van der Waals surface area contributed by atoms with E-state index < -0.39 is 10.0 Å². The number of nitrogens with zero attached hydrogens (tertiary/aromatic N) is 1. The van der Waals surface area contributed by atoms with E-state index in [-0.39, 0.29) is 19.0 Å². The van der Waals surface area contributed by atoms with Crippen molar-refractivity contribution in [1.29, 1.82) is 0 Å². The second-order valence-electron chi connectivity index (χ2n) is 6.83. The molecule has 2 rings (SSSR count). The van der Waals surface area contributed by atoms with Crippen LogP contribution in [-0.4, -0.2) is 33.7 Å². The van der Waals surface area contributed by atoms with Gasteiger partial charge < -0.3 is 10.1 Å². The summed E-state index contributed by atoms with van der Waals surface area (Å²) >= 11 is 0. The van der Waals surface area contributed by atoms with Crippen molar-refractivity contribution < 1.29 is 17.9 Å². The van der Waals surface area contributed by atoms with Gasteiger partial charge in [-0.25, -0.2) is 8.42 Å². The summed E-state index contributed by atoms with van der Waals surface area (Å²) in [4.78, 5) is 12.4. The molecule has 1 amide bonds. The largest absolute Gasteiger partial charge is 0.494 e. The molecule has 0 radical (unpaired) electrons. The zero-order valence-corrected chi connectivity index (χ0v) is 17.6. The first-order valence-corrected chi connectivity index (χ1v) is 11.1. The van der Waals surface area contributed by atoms with Crippen molar-refractivity contribution in [2.45, 2.75) is 33.2 Å². The third kappa shape index (κ3) is 5.99. The Bertz CT molecular complexity index is 893. The number of anilines is 1. The smallest absolute Gasteiger partial charge is 0.241 e. The summed E-state index contributed by atoms with van der Waals surface area (Å²) < 4.78 is 31.1. The predicted octanol–water partition coefficient (Wildman–Crippen LogP) is 3.29. The minimum Gasteiger partial charge on any atom is -0.494 e. The van der Waals surface area contributed by atoms with E-state index >= 15 is 0 Å². The second kappa shape index (κ2) is 9.59. The van der Waals surface area contributed by atoms with Gasteiger partial charge in [0.1, 0.15) is 12.3 Å². The highest BCUT2D eigenvalue weighted by atomic mass is 32.2. The molecule has 2 aromatic carbocycles. The summed E-state index contributed by atoms with van der Waals surface area (Å²) in [6.07, 6.45) is 1.10. The first-order chi connectivity index (χ1) is 13.2. The Morgan fingerprint density at radius 3 is 2.32 bits per heavy atom. The van der Waals surface area contributed by atoms with Crippen LogP contribution in [0.3, 0.4) is 0 Å². The summed E-state index contributed by atoms with van der Waals surface area (Å²) in [5, 5.41) is 2.77. The van der Waals surface area contributed by atoms with E-state index in [1.165, 1.54) is 0 Å². The summed E-state index contributed by atoms with van der Waals surface area (Å²) in [6, 6.07) is 14.7. The van der Waals surface area contributed by atoms with Crippen LogP contribution in [0, 0.1) is 0 Å². The first kappa shape index (κ1) is 21.8. The Balaban J connectivity index is 2.10. The molecule has 0 fully saturated rings. The van der Waals surface area contributed by atoms with Crippen LogP contribution in [0.15, 0.2) is 48.5 Å². The van der Waals surface area contributed by atoms with Crippen LogP contribution in [0.25, 0.3) is 0 Å². The van der Waals surface area contributed by atoms with E-state index in [2.05, 4.69) is 19.2 Å². The molecule has 6 nitrogen and oxygen atoms in total. The van der Waals surface area contributed by atoms with Crippen molar-refractivity contribution in [1.82, 2.24) is 5.32 Å². The van der Waals surface area contributed by atoms with Crippen LogP contribution in [0.1, 0.15) is 37.8 Å². The molecule has 0 saturated heterocycles. The number of ether oxygens (including phenoxy) is 1. The maximum atomic E-state index is 12.4. The lowest BCUT2D eigenvalue weighted by molar-refractivity contribution is -0.119. The van der Waals surface area contributed by atoms with Crippen LogP contribution in [-0.2, 0) is 21.4 Å². The SMILES string of the molecule is CCOc1ccccc1CNC(=O)CN(c1ccc(C(C)C)cc1)S(C)(=O)=O. The first-order valence-electron chi connectivity index (χ1n) is 9.27. The second-order valence-corrected chi connectivity index (χ2v) is 8.74. The van der Waals surface area contributed by atoms with Crippen molar-refractivity contribution in [2.75, 3.05) is 23.7 Å².